The van der Waals surface area contributed by atoms with Crippen molar-refractivity contribution in [2.24, 2.45) is 5.73 Å². The largest absolute Gasteiger partial charge is 0.512 e. The van der Waals surface area contributed by atoms with E-state index < -0.39 is 5.97 Å². The predicted octanol–water partition coefficient (Wildman–Crippen LogP) is 17.1. The monoisotopic (exact) mass is 1140 g/mol. The number of aromatic hydroxyl groups is 1. The summed E-state index contributed by atoms with van der Waals surface area (Å²) in [6, 6.07) is 58.5. The zero-order valence-corrected chi connectivity index (χ0v) is 48.3. The molecule has 1 aliphatic rings. The van der Waals surface area contributed by atoms with Crippen LogP contribution in [0.1, 0.15) is 90.5 Å². The fourth-order valence-corrected chi connectivity index (χ4v) is 9.03. The molecule has 1 heterocycles. The predicted molar refractivity (Wildman–Crippen MR) is 336 cm³/mol. The SMILES string of the molecule is CN.O/C=C/O.[C-]#[N+]c1ccc(-c2ccc(OCCCCCCCCCCCCOC(=O)c3ccc(-c4ccc5c(c4)CN(C)CO5)cc3)cc2)cc1.[C-]#[N+]c1ccc(-c2ccc(OCOC(=O)c3ccc(-c4ccc(O)cc4)cc3)cc2)cc1. The highest BCUT2D eigenvalue weighted by Crippen LogP contribution is 2.31. The molecule has 85 heavy (non-hydrogen) atoms. The lowest BCUT2D eigenvalue weighted by atomic mass is 10.0. The van der Waals surface area contributed by atoms with Crippen LogP contribution in [0.4, 0.5) is 11.4 Å². The van der Waals surface area contributed by atoms with E-state index in [9.17, 15) is 14.7 Å². The first-order chi connectivity index (χ1) is 41.6. The van der Waals surface area contributed by atoms with Crippen molar-refractivity contribution in [2.45, 2.75) is 70.8 Å². The maximum absolute atomic E-state index is 12.5. The molecule has 0 fully saturated rings. The second-order valence-corrected chi connectivity index (χ2v) is 19.7. The van der Waals surface area contributed by atoms with Crippen molar-refractivity contribution in [3.8, 4) is 67.5 Å². The number of benzene rings is 8. The summed E-state index contributed by atoms with van der Waals surface area (Å²) in [5.74, 6) is 1.92. The molecule has 0 saturated carbocycles. The van der Waals surface area contributed by atoms with Crippen LogP contribution in [-0.4, -0.2) is 73.0 Å². The van der Waals surface area contributed by atoms with Gasteiger partial charge in [0.15, 0.2) is 11.4 Å². The van der Waals surface area contributed by atoms with Gasteiger partial charge >= 0.3 is 11.9 Å². The van der Waals surface area contributed by atoms with Crippen LogP contribution < -0.4 is 19.9 Å². The van der Waals surface area contributed by atoms with Gasteiger partial charge in [0.05, 0.1) is 37.5 Å². The van der Waals surface area contributed by atoms with Crippen molar-refractivity contribution in [1.82, 2.24) is 4.90 Å². The van der Waals surface area contributed by atoms with Crippen LogP contribution in [0.25, 0.3) is 54.2 Å². The third-order valence-electron chi connectivity index (χ3n) is 13.6. The number of nitrogens with two attached hydrogens (primary N) is 1. The maximum Gasteiger partial charge on any atom is 0.340 e. The van der Waals surface area contributed by atoms with Crippen LogP contribution in [-0.2, 0) is 16.0 Å². The van der Waals surface area contributed by atoms with E-state index in [1.807, 2.05) is 122 Å². The first-order valence-electron chi connectivity index (χ1n) is 28.3. The number of hydrogen-bond donors (Lipinski definition) is 4. The van der Waals surface area contributed by atoms with E-state index >= 15 is 0 Å². The Kier molecular flexibility index (Phi) is 27.1. The van der Waals surface area contributed by atoms with Crippen molar-refractivity contribution >= 4 is 23.3 Å². The zero-order chi connectivity index (χ0) is 60.4. The van der Waals surface area contributed by atoms with E-state index in [-0.39, 0.29) is 18.5 Å². The highest BCUT2D eigenvalue weighted by molar-refractivity contribution is 5.90. The van der Waals surface area contributed by atoms with Crippen LogP contribution in [0, 0.1) is 13.1 Å². The van der Waals surface area contributed by atoms with E-state index in [1.165, 1.54) is 57.6 Å². The van der Waals surface area contributed by atoms with E-state index in [0.717, 1.165) is 88.4 Å². The summed E-state index contributed by atoms with van der Waals surface area (Å²) in [5.41, 5.74) is 16.3. The zero-order valence-electron chi connectivity index (χ0n) is 48.3. The number of nitrogens with zero attached hydrogens (tertiary/aromatic N) is 3. The molecular weight excluding hydrogens is 1070 g/mol. The minimum Gasteiger partial charge on any atom is -0.512 e. The highest BCUT2D eigenvalue weighted by atomic mass is 16.7. The van der Waals surface area contributed by atoms with Crippen molar-refractivity contribution in [3.05, 3.63) is 240 Å². The lowest BCUT2D eigenvalue weighted by Crippen LogP contribution is -2.27. The molecule has 0 aliphatic carbocycles. The number of rotatable bonds is 23. The highest BCUT2D eigenvalue weighted by Gasteiger charge is 2.16. The van der Waals surface area contributed by atoms with Crippen molar-refractivity contribution < 1.29 is 48.6 Å². The molecule has 9 rings (SSSR count). The number of unbranched alkanes of at least 4 members (excludes halogenated alkanes) is 9. The summed E-state index contributed by atoms with van der Waals surface area (Å²) in [6.07, 6.45) is 12.9. The standard InChI is InChI=1S/C41H46N2O4.C27H19NO4.C2H4O2.CH5N/c1-42-38-22-17-32(18-23-38)33-19-24-39(25-20-33)45-27-11-9-7-5-3-4-6-8-10-12-28-46-41(44)35-15-13-34(14-16-35)36-21-26-40-37(29-36)30-43(2)31-47-40;1-28-24-12-6-20(7-13-24)22-10-16-26(17-11-22)31-18-32-27(30)23-4-2-19(3-5-23)21-8-14-25(29)15-9-21;3-1-2-4;1-2/h13-26,29H,3-12,27-28,30-31H2,2H3;2-17,29H,18H2;1-4H;2H2,1H3/b;;2-1+;. The van der Waals surface area contributed by atoms with Crippen LogP contribution in [0.15, 0.2) is 201 Å². The van der Waals surface area contributed by atoms with Crippen LogP contribution in [0.3, 0.4) is 0 Å². The van der Waals surface area contributed by atoms with Crippen molar-refractivity contribution in [3.63, 3.8) is 0 Å². The molecular formula is C71H74N4O10. The van der Waals surface area contributed by atoms with Gasteiger partial charge in [-0.2, -0.15) is 0 Å². The smallest absolute Gasteiger partial charge is 0.340 e. The van der Waals surface area contributed by atoms with Crippen LogP contribution in [0.5, 0.6) is 23.0 Å². The first-order valence-corrected chi connectivity index (χ1v) is 28.3. The van der Waals surface area contributed by atoms with Gasteiger partial charge in [-0.15, -0.1) is 0 Å². The van der Waals surface area contributed by atoms with Gasteiger partial charge in [-0.1, -0.05) is 167 Å². The number of aliphatic hydroxyl groups excluding tert-OH is 2. The first kappa shape index (κ1) is 64.3. The number of phenols is 1. The molecule has 0 unspecified atom stereocenters. The Morgan fingerprint density at radius 2 is 0.859 bits per heavy atom. The maximum atomic E-state index is 12.5. The number of carbonyl (C=O) groups excluding carboxylic acids is 2. The molecule has 0 atom stereocenters. The summed E-state index contributed by atoms with van der Waals surface area (Å²) in [7, 11) is 3.54. The molecule has 14 nitrogen and oxygen atoms in total. The Labute approximate surface area is 499 Å². The summed E-state index contributed by atoms with van der Waals surface area (Å²) >= 11 is 0. The van der Waals surface area contributed by atoms with Crippen LogP contribution >= 0.6 is 0 Å². The molecule has 0 aromatic heterocycles. The molecule has 438 valence electrons. The summed E-state index contributed by atoms with van der Waals surface area (Å²) in [6.45, 7) is 16.6. The molecule has 8 aromatic rings. The molecule has 1 aliphatic heterocycles. The number of hydrogen-bond acceptors (Lipinski definition) is 12. The lowest BCUT2D eigenvalue weighted by molar-refractivity contribution is 0.0154. The number of phenolic OH excluding ortho intramolecular Hbond substituents is 1. The Morgan fingerprint density at radius 1 is 0.494 bits per heavy atom. The quantitative estimate of drug-likeness (QED) is 0.0157. The Bertz CT molecular complexity index is 3370. The molecule has 0 radical (unpaired) electrons. The molecule has 14 heteroatoms. The van der Waals surface area contributed by atoms with Crippen molar-refractivity contribution in [2.75, 3.05) is 40.8 Å². The number of carbonyl (C=O) groups is 2. The summed E-state index contributed by atoms with van der Waals surface area (Å²) in [5, 5.41) is 24.3. The minimum atomic E-state index is -0.473. The summed E-state index contributed by atoms with van der Waals surface area (Å²) < 4.78 is 28.0. The van der Waals surface area contributed by atoms with Gasteiger partial charge in [0.1, 0.15) is 42.3 Å². The Morgan fingerprint density at radius 3 is 1.31 bits per heavy atom. The Balaban J connectivity index is 0.000000264. The van der Waals surface area contributed by atoms with Gasteiger partial charge in [0.2, 0.25) is 6.79 Å². The topological polar surface area (TPSA) is 179 Å². The van der Waals surface area contributed by atoms with Gasteiger partial charge in [-0.25, -0.2) is 19.3 Å². The third kappa shape index (κ3) is 21.4. The number of aliphatic hydroxyl groups is 2. The second-order valence-electron chi connectivity index (χ2n) is 19.7. The second kappa shape index (κ2) is 35.9. The lowest BCUT2D eigenvalue weighted by Gasteiger charge is -2.25. The number of esters is 2. The number of ether oxygens (including phenoxy) is 5. The van der Waals surface area contributed by atoms with Gasteiger partial charge in [-0.3, -0.25) is 4.90 Å². The Hall–Kier alpha value is -9.86. The van der Waals surface area contributed by atoms with Crippen molar-refractivity contribution in [1.29, 1.82) is 0 Å². The molecule has 5 N–H and O–H groups in total. The van der Waals surface area contributed by atoms with Gasteiger partial charge in [0.25, 0.3) is 0 Å². The average molecular weight is 1140 g/mol. The van der Waals surface area contributed by atoms with Gasteiger partial charge in [0, 0.05) is 12.1 Å². The molecule has 0 amide bonds. The van der Waals surface area contributed by atoms with E-state index in [4.69, 9.17) is 47.0 Å². The normalized spacial score (nSPS) is 11.3. The molecule has 0 spiro atoms. The molecule has 0 bridgehead atoms. The average Bonchev–Trinajstić information content (AvgIpc) is 3.74. The van der Waals surface area contributed by atoms with E-state index in [2.05, 4.69) is 44.6 Å². The van der Waals surface area contributed by atoms with Crippen LogP contribution in [0.2, 0.25) is 0 Å². The van der Waals surface area contributed by atoms with Gasteiger partial charge < -0.3 is 44.7 Å². The minimum absolute atomic E-state index is 0.197. The fourth-order valence-electron chi connectivity index (χ4n) is 9.03. The molecule has 0 saturated heterocycles. The third-order valence-corrected chi connectivity index (χ3v) is 13.6. The van der Waals surface area contributed by atoms with Gasteiger partial charge in [-0.05, 0) is 144 Å². The fraction of sp³-hybridized carbons (Fsp3) is 0.239. The number of fused-ring (bicyclic) bond motifs is 1. The summed E-state index contributed by atoms with van der Waals surface area (Å²) in [4.78, 5) is 33.7. The molecule has 8 aromatic carbocycles. The van der Waals surface area contributed by atoms with E-state index in [1.54, 1.807) is 48.5 Å². The van der Waals surface area contributed by atoms with E-state index in [0.29, 0.717) is 54.1 Å².